The van der Waals surface area contributed by atoms with Crippen LogP contribution in [-0.2, 0) is 0 Å². The van der Waals surface area contributed by atoms with Crippen LogP contribution >= 0.6 is 0 Å². The summed E-state index contributed by atoms with van der Waals surface area (Å²) in [5.74, 6) is 0.924. The summed E-state index contributed by atoms with van der Waals surface area (Å²) in [5.41, 5.74) is 11.9. The van der Waals surface area contributed by atoms with Crippen molar-refractivity contribution in [2.24, 2.45) is 0 Å². The summed E-state index contributed by atoms with van der Waals surface area (Å²) in [6.45, 7) is 0. The lowest BCUT2D eigenvalue weighted by molar-refractivity contribution is 0.658. The number of rotatable bonds is 4. The smallest absolute Gasteiger partial charge is 0.147 e. The number of aromatic nitrogens is 2. The Labute approximate surface area is 269 Å². The quantitative estimate of drug-likeness (QED) is 0.201. The molecular formula is C43H26N2O2. The summed E-state index contributed by atoms with van der Waals surface area (Å²) in [7, 11) is 0. The first-order valence-electron chi connectivity index (χ1n) is 15.8. The molecule has 0 unspecified atom stereocenters. The van der Waals surface area contributed by atoms with Crippen molar-refractivity contribution >= 4 is 54.9 Å². The monoisotopic (exact) mass is 602 g/mol. The van der Waals surface area contributed by atoms with E-state index < -0.39 is 0 Å². The molecule has 0 atom stereocenters. The van der Waals surface area contributed by atoms with Crippen LogP contribution in [-0.4, -0.2) is 9.55 Å². The van der Waals surface area contributed by atoms with Crippen LogP contribution in [0.3, 0.4) is 0 Å². The molecule has 47 heavy (non-hydrogen) atoms. The van der Waals surface area contributed by atoms with E-state index in [0.717, 1.165) is 94.2 Å². The van der Waals surface area contributed by atoms with E-state index in [1.54, 1.807) is 0 Å². The van der Waals surface area contributed by atoms with Gasteiger partial charge in [0.05, 0.1) is 16.6 Å². The third-order valence-electron chi connectivity index (χ3n) is 9.21. The van der Waals surface area contributed by atoms with Crippen molar-refractivity contribution in [2.45, 2.75) is 0 Å². The van der Waals surface area contributed by atoms with Gasteiger partial charge in [0.15, 0.2) is 0 Å². The standard InChI is InChI=1S/C43H26N2O2/c1-2-11-29(12-3-1)43-44-36-17-6-7-18-37(36)45(43)31-14-10-13-30(25-31)27-21-23-28(24-22-27)40-41-34(32-15-4-8-19-38(32)46-41)26-35-33-16-5-9-20-39(33)47-42(35)40/h1-26H. The van der Waals surface area contributed by atoms with Crippen LogP contribution < -0.4 is 0 Å². The van der Waals surface area contributed by atoms with Crippen LogP contribution in [0.2, 0.25) is 0 Å². The Bertz CT molecular complexity index is 2690. The van der Waals surface area contributed by atoms with E-state index in [1.807, 2.05) is 36.4 Å². The summed E-state index contributed by atoms with van der Waals surface area (Å²) in [6, 6.07) is 54.8. The van der Waals surface area contributed by atoms with Gasteiger partial charge in [-0.05, 0) is 59.2 Å². The van der Waals surface area contributed by atoms with E-state index >= 15 is 0 Å². The van der Waals surface area contributed by atoms with Gasteiger partial charge in [-0.15, -0.1) is 0 Å². The molecule has 0 saturated heterocycles. The van der Waals surface area contributed by atoms with Crippen LogP contribution in [0.5, 0.6) is 0 Å². The van der Waals surface area contributed by atoms with Crippen LogP contribution in [0, 0.1) is 0 Å². The van der Waals surface area contributed by atoms with Crippen molar-refractivity contribution < 1.29 is 8.83 Å². The highest BCUT2D eigenvalue weighted by molar-refractivity contribution is 6.22. The molecule has 0 fully saturated rings. The molecule has 220 valence electrons. The first-order chi connectivity index (χ1) is 23.3. The summed E-state index contributed by atoms with van der Waals surface area (Å²) in [4.78, 5) is 5.03. The third-order valence-corrected chi connectivity index (χ3v) is 9.21. The summed E-state index contributed by atoms with van der Waals surface area (Å²) < 4.78 is 15.3. The fraction of sp³-hybridized carbons (Fsp3) is 0. The van der Waals surface area contributed by atoms with Gasteiger partial charge in [0, 0.05) is 32.8 Å². The highest BCUT2D eigenvalue weighted by Gasteiger charge is 2.21. The second kappa shape index (κ2) is 10.1. The second-order valence-corrected chi connectivity index (χ2v) is 12.0. The number of benzene rings is 7. The number of nitrogens with zero attached hydrogens (tertiary/aromatic N) is 2. The van der Waals surface area contributed by atoms with Gasteiger partial charge >= 0.3 is 0 Å². The average Bonchev–Trinajstić information content (AvgIpc) is 3.83. The fourth-order valence-electron chi connectivity index (χ4n) is 7.02. The lowest BCUT2D eigenvalue weighted by atomic mass is 9.96. The average molecular weight is 603 g/mol. The Balaban J connectivity index is 1.13. The van der Waals surface area contributed by atoms with Crippen LogP contribution in [0.15, 0.2) is 167 Å². The van der Waals surface area contributed by atoms with E-state index in [0.29, 0.717) is 0 Å². The molecule has 0 N–H and O–H groups in total. The van der Waals surface area contributed by atoms with E-state index in [9.17, 15) is 0 Å². The molecule has 4 heteroatoms. The molecule has 0 bridgehead atoms. The molecule has 0 aliphatic heterocycles. The van der Waals surface area contributed by atoms with Crippen molar-refractivity contribution in [1.82, 2.24) is 9.55 Å². The fourth-order valence-corrected chi connectivity index (χ4v) is 7.02. The molecule has 3 aromatic heterocycles. The molecule has 0 radical (unpaired) electrons. The highest BCUT2D eigenvalue weighted by Crippen LogP contribution is 2.44. The first kappa shape index (κ1) is 25.9. The SMILES string of the molecule is c1ccc(-c2nc3ccccc3n2-c2cccc(-c3ccc(-c4c5oc6ccccc6c5cc5c4oc4ccccc45)cc3)c2)cc1. The molecule has 7 aromatic carbocycles. The maximum atomic E-state index is 6.53. The highest BCUT2D eigenvalue weighted by atomic mass is 16.3. The van der Waals surface area contributed by atoms with Gasteiger partial charge in [-0.2, -0.15) is 0 Å². The van der Waals surface area contributed by atoms with E-state index in [4.69, 9.17) is 13.8 Å². The zero-order valence-corrected chi connectivity index (χ0v) is 25.2. The number of para-hydroxylation sites is 4. The number of hydrogen-bond acceptors (Lipinski definition) is 3. The largest absolute Gasteiger partial charge is 0.455 e. The normalized spacial score (nSPS) is 11.8. The lowest BCUT2D eigenvalue weighted by Crippen LogP contribution is -1.98. The third kappa shape index (κ3) is 3.98. The maximum Gasteiger partial charge on any atom is 0.147 e. The van der Waals surface area contributed by atoms with Gasteiger partial charge in [0.2, 0.25) is 0 Å². The topological polar surface area (TPSA) is 44.1 Å². The zero-order chi connectivity index (χ0) is 30.9. The summed E-state index contributed by atoms with van der Waals surface area (Å²) in [6.07, 6.45) is 0. The Kier molecular flexibility index (Phi) is 5.54. The van der Waals surface area contributed by atoms with E-state index in [1.165, 1.54) is 0 Å². The summed E-state index contributed by atoms with van der Waals surface area (Å²) >= 11 is 0. The molecular weight excluding hydrogens is 576 g/mol. The van der Waals surface area contributed by atoms with Gasteiger partial charge in [0.1, 0.15) is 28.2 Å². The maximum absolute atomic E-state index is 6.53. The number of fused-ring (bicyclic) bond motifs is 7. The Morgan fingerprint density at radius 1 is 0.426 bits per heavy atom. The van der Waals surface area contributed by atoms with Crippen molar-refractivity contribution in [1.29, 1.82) is 0 Å². The van der Waals surface area contributed by atoms with Crippen molar-refractivity contribution in [3.8, 4) is 39.3 Å². The van der Waals surface area contributed by atoms with Crippen molar-refractivity contribution in [2.75, 3.05) is 0 Å². The van der Waals surface area contributed by atoms with Crippen LogP contribution in [0.4, 0.5) is 0 Å². The zero-order valence-electron chi connectivity index (χ0n) is 25.2. The molecule has 0 amide bonds. The lowest BCUT2D eigenvalue weighted by Gasteiger charge is -2.12. The second-order valence-electron chi connectivity index (χ2n) is 12.0. The number of imidazole rings is 1. The Morgan fingerprint density at radius 3 is 1.74 bits per heavy atom. The van der Waals surface area contributed by atoms with Gasteiger partial charge in [-0.25, -0.2) is 4.98 Å². The van der Waals surface area contributed by atoms with E-state index in [-0.39, 0.29) is 0 Å². The minimum Gasteiger partial charge on any atom is -0.455 e. The molecule has 10 rings (SSSR count). The predicted molar refractivity (Wildman–Crippen MR) is 192 cm³/mol. The Morgan fingerprint density at radius 2 is 1.02 bits per heavy atom. The molecule has 0 aliphatic rings. The van der Waals surface area contributed by atoms with Gasteiger partial charge in [-0.3, -0.25) is 4.57 Å². The van der Waals surface area contributed by atoms with Crippen LogP contribution in [0.25, 0.3) is 94.2 Å². The van der Waals surface area contributed by atoms with Gasteiger partial charge in [-0.1, -0.05) is 115 Å². The van der Waals surface area contributed by atoms with Gasteiger partial charge in [0.25, 0.3) is 0 Å². The molecule has 0 saturated carbocycles. The Hall–Kier alpha value is -6.39. The molecule has 10 aromatic rings. The van der Waals surface area contributed by atoms with Crippen molar-refractivity contribution in [3.05, 3.63) is 158 Å². The summed E-state index contributed by atoms with van der Waals surface area (Å²) in [5, 5.41) is 4.39. The molecule has 4 nitrogen and oxygen atoms in total. The van der Waals surface area contributed by atoms with Crippen LogP contribution in [0.1, 0.15) is 0 Å². The minimum atomic E-state index is 0.841. The molecule has 0 spiro atoms. The number of hydrogen-bond donors (Lipinski definition) is 0. The minimum absolute atomic E-state index is 0.841. The van der Waals surface area contributed by atoms with Crippen molar-refractivity contribution in [3.63, 3.8) is 0 Å². The van der Waals surface area contributed by atoms with Gasteiger partial charge < -0.3 is 8.83 Å². The predicted octanol–water partition coefficient (Wildman–Crippen LogP) is 11.8. The van der Waals surface area contributed by atoms with E-state index in [2.05, 4.69) is 126 Å². The molecule has 0 aliphatic carbocycles. The molecule has 3 heterocycles. The number of furan rings is 2. The first-order valence-corrected chi connectivity index (χ1v) is 15.8.